The predicted molar refractivity (Wildman–Crippen MR) is 87.5 cm³/mol. The van der Waals surface area contributed by atoms with E-state index >= 15 is 0 Å². The molecule has 23 heavy (non-hydrogen) atoms. The van der Waals surface area contributed by atoms with Gasteiger partial charge in [-0.1, -0.05) is 12.1 Å². The van der Waals surface area contributed by atoms with Gasteiger partial charge in [0, 0.05) is 12.6 Å². The van der Waals surface area contributed by atoms with Gasteiger partial charge in [-0.05, 0) is 37.0 Å². The minimum absolute atomic E-state index is 0.0241. The molecule has 6 nitrogen and oxygen atoms in total. The van der Waals surface area contributed by atoms with Crippen LogP contribution in [0.1, 0.15) is 18.4 Å². The van der Waals surface area contributed by atoms with Crippen molar-refractivity contribution in [2.24, 2.45) is 0 Å². The zero-order valence-corrected chi connectivity index (χ0v) is 13.9. The lowest BCUT2D eigenvalue weighted by atomic mass is 10.1. The van der Waals surface area contributed by atoms with Gasteiger partial charge in [-0.15, -0.1) is 0 Å². The highest BCUT2D eigenvalue weighted by atomic mass is 16.5. The van der Waals surface area contributed by atoms with E-state index in [4.69, 9.17) is 4.74 Å². The van der Waals surface area contributed by atoms with E-state index in [-0.39, 0.29) is 11.8 Å². The second-order valence-corrected chi connectivity index (χ2v) is 6.10. The van der Waals surface area contributed by atoms with Crippen molar-refractivity contribution in [1.29, 1.82) is 0 Å². The number of hydrogen-bond donors (Lipinski definition) is 3. The molecule has 1 aliphatic carbocycles. The Balaban J connectivity index is 1.60. The van der Waals surface area contributed by atoms with Crippen LogP contribution in [0.3, 0.4) is 0 Å². The molecule has 0 radical (unpaired) electrons. The monoisotopic (exact) mass is 320 g/mol. The molecule has 0 spiro atoms. The summed E-state index contributed by atoms with van der Waals surface area (Å²) in [5, 5.41) is 5.82. The molecule has 1 unspecified atom stereocenters. The van der Waals surface area contributed by atoms with E-state index in [1.165, 1.54) is 0 Å². The van der Waals surface area contributed by atoms with Crippen LogP contribution < -0.4 is 20.3 Å². The zero-order valence-electron chi connectivity index (χ0n) is 13.9. The van der Waals surface area contributed by atoms with Gasteiger partial charge in [-0.3, -0.25) is 9.59 Å². The fourth-order valence-corrected chi connectivity index (χ4v) is 2.32. The second-order valence-electron chi connectivity index (χ2n) is 6.10. The van der Waals surface area contributed by atoms with Crippen molar-refractivity contribution in [3.63, 3.8) is 0 Å². The standard InChI is InChI=1S/C17H25N3O3/c1-20(12-17(22)19-14-5-6-14)11-16(21)18-10-9-13-3-7-15(23-2)8-4-13/h3-4,7-8,14H,5-6,9-12H2,1-2H3,(H,18,21)(H,19,22)/p+1. The third kappa shape index (κ3) is 6.69. The molecule has 0 aromatic heterocycles. The van der Waals surface area contributed by atoms with Gasteiger partial charge in [0.05, 0.1) is 14.2 Å². The summed E-state index contributed by atoms with van der Waals surface area (Å²) in [5.41, 5.74) is 1.15. The number of amides is 2. The summed E-state index contributed by atoms with van der Waals surface area (Å²) in [4.78, 5) is 24.4. The lowest BCUT2D eigenvalue weighted by molar-refractivity contribution is -0.862. The van der Waals surface area contributed by atoms with Gasteiger partial charge in [0.2, 0.25) is 0 Å². The fourth-order valence-electron chi connectivity index (χ4n) is 2.32. The van der Waals surface area contributed by atoms with Crippen molar-refractivity contribution >= 4 is 11.8 Å². The lowest BCUT2D eigenvalue weighted by Crippen LogP contribution is -3.11. The molecule has 3 N–H and O–H groups in total. The summed E-state index contributed by atoms with van der Waals surface area (Å²) in [6.45, 7) is 1.23. The average Bonchev–Trinajstić information content (AvgIpc) is 3.31. The number of hydrogen-bond acceptors (Lipinski definition) is 3. The Bertz CT molecular complexity index is 526. The molecule has 2 rings (SSSR count). The molecule has 1 aromatic carbocycles. The largest absolute Gasteiger partial charge is 0.497 e. The maximum Gasteiger partial charge on any atom is 0.275 e. The number of nitrogens with one attached hydrogen (secondary N) is 3. The average molecular weight is 320 g/mol. The number of carbonyl (C=O) groups is 2. The Labute approximate surface area is 137 Å². The molecule has 2 amide bonds. The molecule has 0 saturated heterocycles. The Hall–Kier alpha value is -2.08. The fraction of sp³-hybridized carbons (Fsp3) is 0.529. The quantitative estimate of drug-likeness (QED) is 0.555. The molecule has 0 bridgehead atoms. The van der Waals surface area contributed by atoms with E-state index in [9.17, 15) is 9.59 Å². The number of benzene rings is 1. The molecule has 1 saturated carbocycles. The normalized spacial score (nSPS) is 14.9. The van der Waals surface area contributed by atoms with Crippen LogP contribution in [0.25, 0.3) is 0 Å². The first-order valence-corrected chi connectivity index (χ1v) is 8.07. The highest BCUT2D eigenvalue weighted by molar-refractivity contribution is 5.79. The maximum atomic E-state index is 11.9. The van der Waals surface area contributed by atoms with Gasteiger partial charge in [0.25, 0.3) is 11.8 Å². The molecule has 0 aliphatic heterocycles. The van der Waals surface area contributed by atoms with Gasteiger partial charge in [0.1, 0.15) is 5.75 Å². The summed E-state index contributed by atoms with van der Waals surface area (Å²) in [7, 11) is 3.49. The van der Waals surface area contributed by atoms with Crippen LogP contribution in [0.15, 0.2) is 24.3 Å². The number of carbonyl (C=O) groups excluding carboxylic acids is 2. The first kappa shape index (κ1) is 17.3. The topological polar surface area (TPSA) is 71.9 Å². The number of ether oxygens (including phenoxy) is 1. The summed E-state index contributed by atoms with van der Waals surface area (Å²) >= 11 is 0. The van der Waals surface area contributed by atoms with E-state index in [1.807, 2.05) is 31.3 Å². The minimum Gasteiger partial charge on any atom is -0.497 e. The minimum atomic E-state index is -0.0322. The van der Waals surface area contributed by atoms with Crippen molar-refractivity contribution < 1.29 is 19.2 Å². The summed E-state index contributed by atoms with van der Waals surface area (Å²) in [6, 6.07) is 8.17. The van der Waals surface area contributed by atoms with Crippen molar-refractivity contribution in [3.8, 4) is 5.75 Å². The third-order valence-corrected chi connectivity index (χ3v) is 3.76. The van der Waals surface area contributed by atoms with Crippen molar-refractivity contribution in [2.45, 2.75) is 25.3 Å². The van der Waals surface area contributed by atoms with Gasteiger partial charge in [0.15, 0.2) is 13.1 Å². The van der Waals surface area contributed by atoms with Crippen molar-refractivity contribution in [2.75, 3.05) is 33.8 Å². The number of rotatable bonds is 9. The number of quaternary nitrogens is 1. The highest BCUT2D eigenvalue weighted by Gasteiger charge is 2.24. The first-order chi connectivity index (χ1) is 11.1. The SMILES string of the molecule is COc1ccc(CCNC(=O)C[NH+](C)CC(=O)NC2CC2)cc1. The first-order valence-electron chi connectivity index (χ1n) is 8.07. The molecule has 1 aliphatic rings. The van der Waals surface area contributed by atoms with Crippen LogP contribution >= 0.6 is 0 Å². The van der Waals surface area contributed by atoms with E-state index in [0.717, 1.165) is 35.5 Å². The Morgan fingerprint density at radius 3 is 2.43 bits per heavy atom. The molecule has 6 heteroatoms. The van der Waals surface area contributed by atoms with E-state index in [2.05, 4.69) is 10.6 Å². The van der Waals surface area contributed by atoms with Crippen LogP contribution in [0.5, 0.6) is 5.75 Å². The molecule has 1 fully saturated rings. The zero-order chi connectivity index (χ0) is 16.7. The van der Waals surface area contributed by atoms with Crippen LogP contribution in [0, 0.1) is 0 Å². The van der Waals surface area contributed by atoms with Gasteiger partial charge < -0.3 is 20.3 Å². The van der Waals surface area contributed by atoms with Crippen molar-refractivity contribution in [3.05, 3.63) is 29.8 Å². The third-order valence-electron chi connectivity index (χ3n) is 3.76. The summed E-state index contributed by atoms with van der Waals surface area (Å²) in [5.74, 6) is 0.818. The molecular formula is C17H26N3O3+. The number of methoxy groups -OCH3 is 1. The Kier molecular flexibility index (Phi) is 6.40. The van der Waals surface area contributed by atoms with Crippen molar-refractivity contribution in [1.82, 2.24) is 10.6 Å². The lowest BCUT2D eigenvalue weighted by Gasteiger charge is -2.13. The second kappa shape index (κ2) is 8.53. The summed E-state index contributed by atoms with van der Waals surface area (Å²) in [6.07, 6.45) is 2.93. The van der Waals surface area contributed by atoms with E-state index in [0.29, 0.717) is 25.7 Å². The maximum absolute atomic E-state index is 11.9. The smallest absolute Gasteiger partial charge is 0.275 e. The Morgan fingerprint density at radius 1 is 1.17 bits per heavy atom. The molecule has 1 atom stereocenters. The molecular weight excluding hydrogens is 294 g/mol. The molecule has 1 aromatic rings. The van der Waals surface area contributed by atoms with Crippen LogP contribution in [-0.2, 0) is 16.0 Å². The molecule has 0 heterocycles. The van der Waals surface area contributed by atoms with Gasteiger partial charge in [-0.25, -0.2) is 0 Å². The van der Waals surface area contributed by atoms with Crippen LogP contribution in [-0.4, -0.2) is 51.6 Å². The summed E-state index contributed by atoms with van der Waals surface area (Å²) < 4.78 is 5.11. The van der Waals surface area contributed by atoms with Crippen LogP contribution in [0.2, 0.25) is 0 Å². The predicted octanol–water partition coefficient (Wildman–Crippen LogP) is -0.853. The number of likely N-dealkylation sites (N-methyl/N-ethyl adjacent to an activating group) is 1. The van der Waals surface area contributed by atoms with E-state index < -0.39 is 0 Å². The highest BCUT2D eigenvalue weighted by Crippen LogP contribution is 2.17. The van der Waals surface area contributed by atoms with E-state index in [1.54, 1.807) is 7.11 Å². The van der Waals surface area contributed by atoms with Gasteiger partial charge >= 0.3 is 0 Å². The van der Waals surface area contributed by atoms with Crippen LogP contribution in [0.4, 0.5) is 0 Å². The molecule has 126 valence electrons. The van der Waals surface area contributed by atoms with Gasteiger partial charge in [-0.2, -0.15) is 0 Å². The Morgan fingerprint density at radius 2 is 1.83 bits per heavy atom.